The second-order valence-electron chi connectivity index (χ2n) is 4.62. The fourth-order valence-electron chi connectivity index (χ4n) is 1.91. The third-order valence-corrected chi connectivity index (χ3v) is 3.07. The molecule has 0 fully saturated rings. The van der Waals surface area contributed by atoms with Gasteiger partial charge in [0.1, 0.15) is 11.3 Å². The Kier molecular flexibility index (Phi) is 3.39. The molecule has 4 nitrogen and oxygen atoms in total. The number of hydrogen-bond acceptors (Lipinski definition) is 4. The number of nitrogens with zero attached hydrogens (tertiary/aromatic N) is 1. The van der Waals surface area contributed by atoms with Gasteiger partial charge in [-0.2, -0.15) is 0 Å². The Balaban J connectivity index is 1.71. The second kappa shape index (κ2) is 5.36. The van der Waals surface area contributed by atoms with Crippen LogP contribution in [0, 0.1) is 12.7 Å². The molecule has 0 unspecified atom stereocenters. The van der Waals surface area contributed by atoms with E-state index in [2.05, 4.69) is 4.98 Å². The van der Waals surface area contributed by atoms with Crippen molar-refractivity contribution in [3.8, 4) is 0 Å². The van der Waals surface area contributed by atoms with E-state index in [1.165, 1.54) is 12.1 Å². The van der Waals surface area contributed by atoms with Gasteiger partial charge in [-0.25, -0.2) is 14.2 Å². The van der Waals surface area contributed by atoms with Crippen LogP contribution in [0.5, 0.6) is 0 Å². The van der Waals surface area contributed by atoms with E-state index in [4.69, 9.17) is 9.15 Å². The average molecular weight is 285 g/mol. The Morgan fingerprint density at radius 2 is 2.10 bits per heavy atom. The van der Waals surface area contributed by atoms with Gasteiger partial charge in [0.05, 0.1) is 5.56 Å². The highest BCUT2D eigenvalue weighted by Gasteiger charge is 2.12. The van der Waals surface area contributed by atoms with Crippen molar-refractivity contribution in [1.82, 2.24) is 4.98 Å². The van der Waals surface area contributed by atoms with Gasteiger partial charge in [-0.3, -0.25) is 0 Å². The van der Waals surface area contributed by atoms with E-state index in [9.17, 15) is 9.18 Å². The second-order valence-corrected chi connectivity index (χ2v) is 4.62. The van der Waals surface area contributed by atoms with Crippen molar-refractivity contribution in [2.24, 2.45) is 0 Å². The summed E-state index contributed by atoms with van der Waals surface area (Å²) in [6.45, 7) is 1.53. The number of esters is 1. The van der Waals surface area contributed by atoms with Gasteiger partial charge < -0.3 is 9.15 Å². The maximum absolute atomic E-state index is 13.4. The van der Waals surface area contributed by atoms with E-state index in [1.807, 2.05) is 12.1 Å². The lowest BCUT2D eigenvalue weighted by molar-refractivity contribution is 0.0439. The van der Waals surface area contributed by atoms with Crippen LogP contribution < -0.4 is 0 Å². The van der Waals surface area contributed by atoms with Crippen molar-refractivity contribution in [3.63, 3.8) is 0 Å². The molecule has 0 aliphatic heterocycles. The van der Waals surface area contributed by atoms with Crippen LogP contribution >= 0.6 is 0 Å². The molecule has 0 aliphatic carbocycles. The first-order valence-electron chi connectivity index (χ1n) is 6.41. The topological polar surface area (TPSA) is 52.3 Å². The van der Waals surface area contributed by atoms with Gasteiger partial charge in [0.2, 0.25) is 5.89 Å². The largest absolute Gasteiger partial charge is 0.452 e. The van der Waals surface area contributed by atoms with Crippen LogP contribution in [0.1, 0.15) is 21.8 Å². The first kappa shape index (κ1) is 13.3. The van der Waals surface area contributed by atoms with Gasteiger partial charge in [0.25, 0.3) is 0 Å². The highest BCUT2D eigenvalue weighted by Crippen LogP contribution is 2.16. The summed E-state index contributed by atoms with van der Waals surface area (Å²) in [7, 11) is 0. The molecule has 0 radical (unpaired) electrons. The number of carbonyl (C=O) groups excluding carboxylic acids is 1. The quantitative estimate of drug-likeness (QED) is 0.689. The van der Waals surface area contributed by atoms with Gasteiger partial charge in [0.15, 0.2) is 12.2 Å². The highest BCUT2D eigenvalue weighted by molar-refractivity contribution is 5.89. The SMILES string of the molecule is Cc1ccc(C(=O)OCc2nc3ccccc3o2)cc1F. The summed E-state index contributed by atoms with van der Waals surface area (Å²) in [5, 5.41) is 0. The molecule has 0 atom stereocenters. The van der Waals surface area contributed by atoms with Crippen molar-refractivity contribution in [1.29, 1.82) is 0 Å². The molecule has 3 rings (SSSR count). The summed E-state index contributed by atoms with van der Waals surface area (Å²) < 4.78 is 23.9. The molecule has 106 valence electrons. The average Bonchev–Trinajstić information content (AvgIpc) is 2.90. The monoisotopic (exact) mass is 285 g/mol. The Labute approximate surface area is 120 Å². The number of oxazole rings is 1. The third kappa shape index (κ3) is 2.76. The summed E-state index contributed by atoms with van der Waals surface area (Å²) in [5.41, 5.74) is 1.97. The van der Waals surface area contributed by atoms with Crippen molar-refractivity contribution < 1.29 is 18.3 Å². The zero-order valence-electron chi connectivity index (χ0n) is 11.3. The lowest BCUT2D eigenvalue weighted by Crippen LogP contribution is -2.06. The van der Waals surface area contributed by atoms with Crippen LogP contribution in [0.15, 0.2) is 46.9 Å². The smallest absolute Gasteiger partial charge is 0.338 e. The number of fused-ring (bicyclic) bond motifs is 1. The zero-order chi connectivity index (χ0) is 14.8. The molecule has 5 heteroatoms. The summed E-state index contributed by atoms with van der Waals surface area (Å²) in [4.78, 5) is 16.0. The van der Waals surface area contributed by atoms with Gasteiger partial charge in [0, 0.05) is 0 Å². The molecule has 0 N–H and O–H groups in total. The van der Waals surface area contributed by atoms with Crippen LogP contribution in [0.3, 0.4) is 0 Å². The molecule has 0 aliphatic rings. The van der Waals surface area contributed by atoms with Crippen LogP contribution in [0.2, 0.25) is 0 Å². The number of aryl methyl sites for hydroxylation is 1. The number of hydrogen-bond donors (Lipinski definition) is 0. The molecule has 3 aromatic rings. The summed E-state index contributed by atoms with van der Waals surface area (Å²) in [5.74, 6) is -0.750. The standard InChI is InChI=1S/C16H12FNO3/c1-10-6-7-11(8-12(10)17)16(19)20-9-15-18-13-4-2-3-5-14(13)21-15/h2-8H,9H2,1H3. The molecule has 0 bridgehead atoms. The van der Waals surface area contributed by atoms with Crippen LogP contribution in [0.25, 0.3) is 11.1 Å². The molecular formula is C16H12FNO3. The van der Waals surface area contributed by atoms with E-state index in [-0.39, 0.29) is 12.2 Å². The van der Waals surface area contributed by atoms with Crippen LogP contribution in [-0.4, -0.2) is 11.0 Å². The predicted octanol–water partition coefficient (Wildman–Crippen LogP) is 3.63. The molecule has 2 aromatic carbocycles. The van der Waals surface area contributed by atoms with Gasteiger partial charge >= 0.3 is 5.97 Å². The van der Waals surface area contributed by atoms with Crippen molar-refractivity contribution in [2.75, 3.05) is 0 Å². The minimum Gasteiger partial charge on any atom is -0.452 e. The molecule has 0 saturated carbocycles. The zero-order valence-corrected chi connectivity index (χ0v) is 11.3. The molecule has 0 saturated heterocycles. The van der Waals surface area contributed by atoms with E-state index >= 15 is 0 Å². The van der Waals surface area contributed by atoms with E-state index in [0.29, 0.717) is 22.6 Å². The summed E-state index contributed by atoms with van der Waals surface area (Å²) in [6.07, 6.45) is 0. The van der Waals surface area contributed by atoms with Crippen molar-refractivity contribution in [2.45, 2.75) is 13.5 Å². The maximum atomic E-state index is 13.4. The Morgan fingerprint density at radius 3 is 2.86 bits per heavy atom. The fourth-order valence-corrected chi connectivity index (χ4v) is 1.91. The lowest BCUT2D eigenvalue weighted by Gasteiger charge is -2.03. The number of benzene rings is 2. The lowest BCUT2D eigenvalue weighted by atomic mass is 10.1. The number of rotatable bonds is 3. The molecule has 1 aromatic heterocycles. The number of aromatic nitrogens is 1. The Bertz CT molecular complexity index is 777. The molecular weight excluding hydrogens is 273 g/mol. The number of ether oxygens (including phenoxy) is 1. The minimum absolute atomic E-state index is 0.0942. The number of para-hydroxylation sites is 2. The Morgan fingerprint density at radius 1 is 1.29 bits per heavy atom. The first-order chi connectivity index (χ1) is 10.1. The van der Waals surface area contributed by atoms with Crippen molar-refractivity contribution >= 4 is 17.1 Å². The van der Waals surface area contributed by atoms with Crippen LogP contribution in [-0.2, 0) is 11.3 Å². The van der Waals surface area contributed by atoms with Crippen molar-refractivity contribution in [3.05, 3.63) is 65.3 Å². The third-order valence-electron chi connectivity index (χ3n) is 3.07. The number of carbonyl (C=O) groups is 1. The van der Waals surface area contributed by atoms with E-state index < -0.39 is 11.8 Å². The highest BCUT2D eigenvalue weighted by atomic mass is 19.1. The van der Waals surface area contributed by atoms with Gasteiger partial charge in [-0.15, -0.1) is 0 Å². The first-order valence-corrected chi connectivity index (χ1v) is 6.41. The van der Waals surface area contributed by atoms with Gasteiger partial charge in [-0.1, -0.05) is 18.2 Å². The Hall–Kier alpha value is -2.69. The summed E-state index contributed by atoms with van der Waals surface area (Å²) in [6, 6.07) is 11.5. The number of halogens is 1. The molecule has 1 heterocycles. The van der Waals surface area contributed by atoms with Gasteiger partial charge in [-0.05, 0) is 36.8 Å². The van der Waals surface area contributed by atoms with E-state index in [0.717, 1.165) is 6.07 Å². The maximum Gasteiger partial charge on any atom is 0.338 e. The predicted molar refractivity (Wildman–Crippen MR) is 74.3 cm³/mol. The summed E-state index contributed by atoms with van der Waals surface area (Å²) >= 11 is 0. The fraction of sp³-hybridized carbons (Fsp3) is 0.125. The van der Waals surface area contributed by atoms with Crippen LogP contribution in [0.4, 0.5) is 4.39 Å². The molecule has 0 amide bonds. The molecule has 21 heavy (non-hydrogen) atoms. The molecule has 0 spiro atoms. The van der Waals surface area contributed by atoms with E-state index in [1.54, 1.807) is 19.1 Å². The minimum atomic E-state index is -0.615. The normalized spacial score (nSPS) is 10.8.